The summed E-state index contributed by atoms with van der Waals surface area (Å²) >= 11 is 1.93. The van der Waals surface area contributed by atoms with Crippen molar-refractivity contribution in [3.63, 3.8) is 0 Å². The van der Waals surface area contributed by atoms with Crippen molar-refractivity contribution in [3.8, 4) is 0 Å². The fourth-order valence-corrected chi connectivity index (χ4v) is 6.55. The van der Waals surface area contributed by atoms with Crippen LogP contribution in [0.2, 0.25) is 0 Å². The molecule has 3 unspecified atom stereocenters. The van der Waals surface area contributed by atoms with Gasteiger partial charge in [0.15, 0.2) is 0 Å². The highest BCUT2D eigenvalue weighted by molar-refractivity contribution is 7.97. The van der Waals surface area contributed by atoms with E-state index in [0.29, 0.717) is 16.9 Å². The lowest BCUT2D eigenvalue weighted by Gasteiger charge is -2.50. The van der Waals surface area contributed by atoms with Crippen molar-refractivity contribution in [2.24, 2.45) is 16.7 Å². The smallest absolute Gasteiger partial charge is 0.0594 e. The van der Waals surface area contributed by atoms with Crippen LogP contribution >= 0.6 is 11.9 Å². The summed E-state index contributed by atoms with van der Waals surface area (Å²) in [5.41, 5.74) is 2.05. The molecule has 1 aromatic rings. The predicted octanol–water partition coefficient (Wildman–Crippen LogP) is 4.59. The van der Waals surface area contributed by atoms with Gasteiger partial charge in [0.2, 0.25) is 0 Å². The van der Waals surface area contributed by atoms with Gasteiger partial charge in [0.25, 0.3) is 0 Å². The van der Waals surface area contributed by atoms with Crippen LogP contribution in [-0.2, 0) is 11.3 Å². The highest BCUT2D eigenvalue weighted by Gasteiger charge is 2.58. The molecule has 3 rings (SSSR count). The summed E-state index contributed by atoms with van der Waals surface area (Å²) in [6.07, 6.45) is 2.56. The molecule has 26 heavy (non-hydrogen) atoms. The van der Waals surface area contributed by atoms with E-state index in [1.165, 1.54) is 24.2 Å². The largest absolute Gasteiger partial charge is 0.379 e. The molecular formula is C22H36N2OS. The Morgan fingerprint density at radius 3 is 2.54 bits per heavy atom. The van der Waals surface area contributed by atoms with Gasteiger partial charge >= 0.3 is 0 Å². The zero-order valence-electron chi connectivity index (χ0n) is 17.0. The van der Waals surface area contributed by atoms with Crippen molar-refractivity contribution in [2.45, 2.75) is 53.1 Å². The van der Waals surface area contributed by atoms with E-state index >= 15 is 0 Å². The van der Waals surface area contributed by atoms with Crippen LogP contribution < -0.4 is 4.72 Å². The van der Waals surface area contributed by atoms with Crippen molar-refractivity contribution in [1.82, 2.24) is 9.62 Å². The second kappa shape index (κ2) is 8.64. The van der Waals surface area contributed by atoms with Crippen LogP contribution in [0, 0.1) is 16.7 Å². The third kappa shape index (κ3) is 3.84. The Balaban J connectivity index is 1.69. The number of rotatable bonds is 7. The molecule has 3 atom stereocenters. The number of nitrogens with zero attached hydrogens (tertiary/aromatic N) is 1. The van der Waals surface area contributed by atoms with E-state index < -0.39 is 0 Å². The average Bonchev–Trinajstić information content (AvgIpc) is 2.87. The second-order valence-corrected chi connectivity index (χ2v) is 9.49. The molecule has 1 aromatic carbocycles. The summed E-state index contributed by atoms with van der Waals surface area (Å²) < 4.78 is 9.27. The maximum absolute atomic E-state index is 5.63. The highest BCUT2D eigenvalue weighted by Crippen LogP contribution is 2.60. The standard InChI is InChI=1S/C22H36N2OS/c1-5-22(17-26-23-16-19-9-7-6-8-10-19)20(15-18(2)21(22,3)4)24-11-13-25-14-12-24/h6-10,18,20,23H,5,11-17H2,1-4H3. The van der Waals surface area contributed by atoms with Crippen LogP contribution in [0.25, 0.3) is 0 Å². The Hall–Kier alpha value is -0.550. The monoisotopic (exact) mass is 376 g/mol. The van der Waals surface area contributed by atoms with Crippen LogP contribution in [0.3, 0.4) is 0 Å². The number of ether oxygens (including phenoxy) is 1. The van der Waals surface area contributed by atoms with Gasteiger partial charge in [-0.3, -0.25) is 9.62 Å². The zero-order chi connectivity index (χ0) is 18.6. The molecule has 0 spiro atoms. The first kappa shape index (κ1) is 20.2. The van der Waals surface area contributed by atoms with Crippen molar-refractivity contribution in [3.05, 3.63) is 35.9 Å². The average molecular weight is 377 g/mol. The van der Waals surface area contributed by atoms with Gasteiger partial charge in [0.1, 0.15) is 0 Å². The van der Waals surface area contributed by atoms with Gasteiger partial charge in [-0.1, -0.05) is 70.0 Å². The normalized spacial score (nSPS) is 32.0. The van der Waals surface area contributed by atoms with E-state index in [9.17, 15) is 0 Å². The van der Waals surface area contributed by atoms with Gasteiger partial charge in [0.05, 0.1) is 13.2 Å². The molecule has 1 saturated heterocycles. The van der Waals surface area contributed by atoms with Crippen LogP contribution in [0.5, 0.6) is 0 Å². The molecule has 1 saturated carbocycles. The predicted molar refractivity (Wildman–Crippen MR) is 112 cm³/mol. The molecule has 2 aliphatic rings. The number of benzene rings is 1. The molecule has 1 heterocycles. The zero-order valence-corrected chi connectivity index (χ0v) is 17.8. The van der Waals surface area contributed by atoms with Gasteiger partial charge in [-0.05, 0) is 29.7 Å². The summed E-state index contributed by atoms with van der Waals surface area (Å²) in [5.74, 6) is 1.93. The van der Waals surface area contributed by atoms with Crippen LogP contribution in [0.4, 0.5) is 0 Å². The Morgan fingerprint density at radius 2 is 1.88 bits per heavy atom. The molecule has 1 aliphatic heterocycles. The quantitative estimate of drug-likeness (QED) is 0.556. The minimum atomic E-state index is 0.345. The molecule has 1 N–H and O–H groups in total. The lowest BCUT2D eigenvalue weighted by Crippen LogP contribution is -2.54. The summed E-state index contributed by atoms with van der Waals surface area (Å²) in [7, 11) is 0. The van der Waals surface area contributed by atoms with E-state index in [1.54, 1.807) is 0 Å². The first-order valence-electron chi connectivity index (χ1n) is 10.2. The minimum Gasteiger partial charge on any atom is -0.379 e. The van der Waals surface area contributed by atoms with Crippen molar-refractivity contribution in [2.75, 3.05) is 32.1 Å². The van der Waals surface area contributed by atoms with Gasteiger partial charge in [0, 0.05) is 36.8 Å². The van der Waals surface area contributed by atoms with E-state index in [2.05, 4.69) is 67.6 Å². The Kier molecular flexibility index (Phi) is 6.71. The van der Waals surface area contributed by atoms with Crippen LogP contribution in [0.1, 0.15) is 46.1 Å². The molecule has 0 aromatic heterocycles. The minimum absolute atomic E-state index is 0.345. The first-order chi connectivity index (χ1) is 12.5. The Morgan fingerprint density at radius 1 is 1.19 bits per heavy atom. The third-order valence-electron chi connectivity index (χ3n) is 7.40. The van der Waals surface area contributed by atoms with E-state index in [4.69, 9.17) is 4.74 Å². The lowest BCUT2D eigenvalue weighted by molar-refractivity contribution is -0.0304. The molecule has 0 amide bonds. The summed E-state index contributed by atoms with van der Waals surface area (Å²) in [6, 6.07) is 11.4. The van der Waals surface area contributed by atoms with Crippen LogP contribution in [-0.4, -0.2) is 43.0 Å². The van der Waals surface area contributed by atoms with Gasteiger partial charge in [-0.25, -0.2) is 0 Å². The number of nitrogens with one attached hydrogen (secondary N) is 1. The summed E-state index contributed by atoms with van der Waals surface area (Å²) in [5, 5.41) is 0. The molecule has 0 bridgehead atoms. The fourth-order valence-electron chi connectivity index (χ4n) is 5.15. The first-order valence-corrected chi connectivity index (χ1v) is 11.2. The van der Waals surface area contributed by atoms with E-state index in [1.807, 2.05) is 11.9 Å². The molecule has 0 radical (unpaired) electrons. The lowest BCUT2D eigenvalue weighted by atomic mass is 9.63. The summed E-state index contributed by atoms with van der Waals surface area (Å²) in [4.78, 5) is 2.73. The topological polar surface area (TPSA) is 24.5 Å². The van der Waals surface area contributed by atoms with Gasteiger partial charge in [-0.2, -0.15) is 0 Å². The van der Waals surface area contributed by atoms with E-state index in [-0.39, 0.29) is 0 Å². The van der Waals surface area contributed by atoms with Crippen LogP contribution in [0.15, 0.2) is 30.3 Å². The second-order valence-electron chi connectivity index (χ2n) is 8.63. The Labute approximate surface area is 164 Å². The molecule has 1 aliphatic carbocycles. The summed E-state index contributed by atoms with van der Waals surface area (Å²) in [6.45, 7) is 14.8. The van der Waals surface area contributed by atoms with Crippen molar-refractivity contribution < 1.29 is 4.74 Å². The number of morpholine rings is 1. The SMILES string of the molecule is CCC1(CSNCc2ccccc2)C(N2CCOCC2)CC(C)C1(C)C. The Bertz CT molecular complexity index is 559. The fraction of sp³-hybridized carbons (Fsp3) is 0.727. The van der Waals surface area contributed by atoms with E-state index in [0.717, 1.165) is 38.8 Å². The molecule has 2 fully saturated rings. The molecule has 4 heteroatoms. The van der Waals surface area contributed by atoms with Crippen molar-refractivity contribution >= 4 is 11.9 Å². The van der Waals surface area contributed by atoms with Gasteiger partial charge < -0.3 is 4.74 Å². The maximum atomic E-state index is 5.63. The molecule has 3 nitrogen and oxygen atoms in total. The highest BCUT2D eigenvalue weighted by atomic mass is 32.2. The van der Waals surface area contributed by atoms with Crippen molar-refractivity contribution in [1.29, 1.82) is 0 Å². The molecular weight excluding hydrogens is 340 g/mol. The van der Waals surface area contributed by atoms with Gasteiger partial charge in [-0.15, -0.1) is 0 Å². The number of hydrogen-bond donors (Lipinski definition) is 1. The number of hydrogen-bond acceptors (Lipinski definition) is 4. The third-order valence-corrected chi connectivity index (χ3v) is 8.41. The maximum Gasteiger partial charge on any atom is 0.0594 e. The molecule has 146 valence electrons.